The third kappa shape index (κ3) is 1.41. The lowest BCUT2D eigenvalue weighted by Gasteiger charge is -2.13. The molecule has 92 valence electrons. The third-order valence-corrected chi connectivity index (χ3v) is 3.45. The van der Waals surface area contributed by atoms with Gasteiger partial charge in [-0.1, -0.05) is 0 Å². The van der Waals surface area contributed by atoms with Crippen molar-refractivity contribution in [3.8, 4) is 22.8 Å². The largest absolute Gasteiger partial charge is 0.454 e. The number of aromatic nitrogens is 2. The van der Waals surface area contributed by atoms with Crippen LogP contribution in [0.4, 0.5) is 0 Å². The molecular formula is C13H13N3O2. The second-order valence-corrected chi connectivity index (χ2v) is 4.52. The zero-order valence-electron chi connectivity index (χ0n) is 9.82. The monoisotopic (exact) mass is 243 g/mol. The quantitative estimate of drug-likeness (QED) is 0.796. The van der Waals surface area contributed by atoms with Gasteiger partial charge in [0.2, 0.25) is 6.79 Å². The van der Waals surface area contributed by atoms with Crippen LogP contribution >= 0.6 is 0 Å². The molecule has 0 atom stereocenters. The third-order valence-electron chi connectivity index (χ3n) is 3.45. The summed E-state index contributed by atoms with van der Waals surface area (Å²) in [6, 6.07) is 5.96. The number of ether oxygens (including phenoxy) is 2. The van der Waals surface area contributed by atoms with Crippen molar-refractivity contribution in [1.29, 1.82) is 0 Å². The van der Waals surface area contributed by atoms with Crippen LogP contribution in [0.25, 0.3) is 11.3 Å². The Morgan fingerprint density at radius 3 is 3.11 bits per heavy atom. The molecule has 5 nitrogen and oxygen atoms in total. The highest BCUT2D eigenvalue weighted by Crippen LogP contribution is 2.36. The Balaban J connectivity index is 1.81. The molecule has 2 aliphatic rings. The molecule has 0 radical (unpaired) electrons. The first-order valence-electron chi connectivity index (χ1n) is 6.09. The first-order chi connectivity index (χ1) is 8.92. The van der Waals surface area contributed by atoms with Crippen molar-refractivity contribution in [2.75, 3.05) is 13.3 Å². The van der Waals surface area contributed by atoms with Crippen molar-refractivity contribution in [3.05, 3.63) is 29.5 Å². The minimum absolute atomic E-state index is 0.305. The molecular weight excluding hydrogens is 230 g/mol. The maximum Gasteiger partial charge on any atom is 0.231 e. The van der Waals surface area contributed by atoms with Gasteiger partial charge in [-0.2, -0.15) is 5.10 Å². The number of benzene rings is 1. The average molecular weight is 243 g/mol. The zero-order valence-corrected chi connectivity index (χ0v) is 9.82. The van der Waals surface area contributed by atoms with Crippen LogP contribution in [0.2, 0.25) is 0 Å². The fourth-order valence-electron chi connectivity index (χ4n) is 2.51. The fraction of sp³-hybridized carbons (Fsp3) is 0.308. The Morgan fingerprint density at radius 2 is 2.11 bits per heavy atom. The van der Waals surface area contributed by atoms with Crippen LogP contribution in [-0.4, -0.2) is 23.5 Å². The van der Waals surface area contributed by atoms with Gasteiger partial charge in [0.25, 0.3) is 0 Å². The fourth-order valence-corrected chi connectivity index (χ4v) is 2.51. The highest BCUT2D eigenvalue weighted by Gasteiger charge is 2.20. The molecule has 4 rings (SSSR count). The number of hydrogen-bond acceptors (Lipinski definition) is 4. The normalized spacial score (nSPS) is 16.7. The maximum atomic E-state index is 5.41. The van der Waals surface area contributed by atoms with E-state index in [1.807, 2.05) is 18.2 Å². The van der Waals surface area contributed by atoms with Gasteiger partial charge in [0.15, 0.2) is 11.5 Å². The van der Waals surface area contributed by atoms with Gasteiger partial charge >= 0.3 is 0 Å². The van der Waals surface area contributed by atoms with Gasteiger partial charge in [-0.05, 0) is 18.2 Å². The van der Waals surface area contributed by atoms with E-state index in [2.05, 4.69) is 15.5 Å². The van der Waals surface area contributed by atoms with Crippen molar-refractivity contribution in [1.82, 2.24) is 15.5 Å². The van der Waals surface area contributed by atoms with Gasteiger partial charge in [0, 0.05) is 36.3 Å². The second-order valence-electron chi connectivity index (χ2n) is 4.52. The number of H-pyrrole nitrogens is 1. The molecule has 0 saturated heterocycles. The summed E-state index contributed by atoms with van der Waals surface area (Å²) < 4.78 is 10.7. The number of nitrogens with zero attached hydrogens (tertiary/aromatic N) is 1. The molecule has 0 saturated carbocycles. The lowest BCUT2D eigenvalue weighted by molar-refractivity contribution is 0.174. The molecule has 3 heterocycles. The summed E-state index contributed by atoms with van der Waals surface area (Å²) in [6.45, 7) is 2.18. The van der Waals surface area contributed by atoms with E-state index in [4.69, 9.17) is 9.47 Å². The smallest absolute Gasteiger partial charge is 0.231 e. The van der Waals surface area contributed by atoms with Gasteiger partial charge < -0.3 is 14.8 Å². The van der Waals surface area contributed by atoms with Crippen molar-refractivity contribution in [2.24, 2.45) is 0 Å². The Labute approximate surface area is 104 Å². The predicted molar refractivity (Wildman–Crippen MR) is 65.6 cm³/mol. The molecule has 0 fully saturated rings. The number of aromatic amines is 1. The molecule has 5 heteroatoms. The molecule has 0 unspecified atom stereocenters. The van der Waals surface area contributed by atoms with Gasteiger partial charge in [-0.15, -0.1) is 0 Å². The van der Waals surface area contributed by atoms with Crippen molar-refractivity contribution >= 4 is 0 Å². The summed E-state index contributed by atoms with van der Waals surface area (Å²) in [5, 5.41) is 10.9. The Hall–Kier alpha value is -2.01. The van der Waals surface area contributed by atoms with Crippen LogP contribution in [0.5, 0.6) is 11.5 Å². The topological polar surface area (TPSA) is 59.2 Å². The molecule has 0 amide bonds. The Kier molecular flexibility index (Phi) is 2.07. The zero-order chi connectivity index (χ0) is 11.9. The summed E-state index contributed by atoms with van der Waals surface area (Å²) in [4.78, 5) is 0. The first kappa shape index (κ1) is 9.96. The van der Waals surface area contributed by atoms with Crippen molar-refractivity contribution in [2.45, 2.75) is 13.0 Å². The summed E-state index contributed by atoms with van der Waals surface area (Å²) in [6.07, 6.45) is 1.01. The van der Waals surface area contributed by atoms with Gasteiger partial charge in [-0.3, -0.25) is 5.10 Å². The van der Waals surface area contributed by atoms with E-state index in [9.17, 15) is 0 Å². The Morgan fingerprint density at radius 1 is 1.17 bits per heavy atom. The average Bonchev–Trinajstić information content (AvgIpc) is 3.04. The lowest BCUT2D eigenvalue weighted by atomic mass is 10.0. The van der Waals surface area contributed by atoms with E-state index >= 15 is 0 Å². The number of rotatable bonds is 1. The summed E-state index contributed by atoms with van der Waals surface area (Å²) in [7, 11) is 0. The van der Waals surface area contributed by atoms with Crippen LogP contribution in [0.1, 0.15) is 11.3 Å². The van der Waals surface area contributed by atoms with E-state index in [0.29, 0.717) is 6.79 Å². The summed E-state index contributed by atoms with van der Waals surface area (Å²) in [5.74, 6) is 1.61. The van der Waals surface area contributed by atoms with Crippen LogP contribution < -0.4 is 14.8 Å². The standard InChI is InChI=1S/C13H13N3O2/c1-2-11-12(18-7-17-11)5-8(1)13-9-6-14-4-3-10(9)15-16-13/h1-2,5,14H,3-4,6-7H2,(H,15,16). The second kappa shape index (κ2) is 3.74. The number of nitrogens with one attached hydrogen (secondary N) is 2. The highest BCUT2D eigenvalue weighted by molar-refractivity contribution is 5.68. The number of fused-ring (bicyclic) bond motifs is 2. The summed E-state index contributed by atoms with van der Waals surface area (Å²) in [5.41, 5.74) is 4.58. The molecule has 2 aliphatic heterocycles. The molecule has 2 aromatic rings. The van der Waals surface area contributed by atoms with Gasteiger partial charge in [0.1, 0.15) is 0 Å². The molecule has 2 N–H and O–H groups in total. The van der Waals surface area contributed by atoms with Crippen molar-refractivity contribution < 1.29 is 9.47 Å². The van der Waals surface area contributed by atoms with E-state index < -0.39 is 0 Å². The molecule has 1 aromatic carbocycles. The minimum Gasteiger partial charge on any atom is -0.454 e. The molecule has 1 aromatic heterocycles. The van der Waals surface area contributed by atoms with Crippen molar-refractivity contribution in [3.63, 3.8) is 0 Å². The van der Waals surface area contributed by atoms with Crippen LogP contribution in [0.15, 0.2) is 18.2 Å². The first-order valence-corrected chi connectivity index (χ1v) is 6.09. The molecule has 18 heavy (non-hydrogen) atoms. The molecule has 0 aliphatic carbocycles. The van der Waals surface area contributed by atoms with Crippen LogP contribution in [0.3, 0.4) is 0 Å². The molecule has 0 spiro atoms. The van der Waals surface area contributed by atoms with Crippen LogP contribution in [-0.2, 0) is 13.0 Å². The number of hydrogen-bond donors (Lipinski definition) is 2. The maximum absolute atomic E-state index is 5.41. The minimum atomic E-state index is 0.305. The highest BCUT2D eigenvalue weighted by atomic mass is 16.7. The lowest BCUT2D eigenvalue weighted by Crippen LogP contribution is -2.23. The van der Waals surface area contributed by atoms with Gasteiger partial charge in [-0.25, -0.2) is 0 Å². The van der Waals surface area contributed by atoms with E-state index in [0.717, 1.165) is 42.3 Å². The predicted octanol–water partition coefficient (Wildman–Crippen LogP) is 1.45. The van der Waals surface area contributed by atoms with E-state index in [1.54, 1.807) is 0 Å². The SMILES string of the molecule is c1cc2c(cc1-c1n[nH]c3c1CNCC3)OCO2. The van der Waals surface area contributed by atoms with Crippen LogP contribution in [0, 0.1) is 0 Å². The van der Waals surface area contributed by atoms with Gasteiger partial charge in [0.05, 0.1) is 5.69 Å². The molecule has 0 bridgehead atoms. The summed E-state index contributed by atoms with van der Waals surface area (Å²) >= 11 is 0. The van der Waals surface area contributed by atoms with E-state index in [1.165, 1.54) is 11.3 Å². The van der Waals surface area contributed by atoms with E-state index in [-0.39, 0.29) is 0 Å². The Bertz CT molecular complexity index is 606.